The first-order valence-electron chi connectivity index (χ1n) is 7.24. The number of thiazole rings is 1. The highest BCUT2D eigenvalue weighted by Gasteiger charge is 2.16. The van der Waals surface area contributed by atoms with Crippen molar-refractivity contribution in [3.8, 4) is 11.3 Å². The van der Waals surface area contributed by atoms with Gasteiger partial charge >= 0.3 is 5.97 Å². The minimum atomic E-state index is -0.433. The van der Waals surface area contributed by atoms with Crippen LogP contribution in [-0.4, -0.2) is 24.0 Å². The Kier molecular flexibility index (Phi) is 5.16. The van der Waals surface area contributed by atoms with Crippen molar-refractivity contribution in [2.45, 2.75) is 6.42 Å². The van der Waals surface area contributed by atoms with Gasteiger partial charge in [0.05, 0.1) is 24.2 Å². The van der Waals surface area contributed by atoms with Crippen molar-refractivity contribution in [3.05, 3.63) is 58.3 Å². The Morgan fingerprint density at radius 3 is 2.84 bits per heavy atom. The van der Waals surface area contributed by atoms with Crippen LogP contribution in [0.25, 0.3) is 11.3 Å². The fraction of sp³-hybridized carbons (Fsp3) is 0.118. The lowest BCUT2D eigenvalue weighted by Crippen LogP contribution is -2.11. The van der Waals surface area contributed by atoms with E-state index in [0.29, 0.717) is 27.2 Å². The van der Waals surface area contributed by atoms with Gasteiger partial charge in [0.2, 0.25) is 0 Å². The van der Waals surface area contributed by atoms with Gasteiger partial charge in [-0.2, -0.15) is 0 Å². The van der Waals surface area contributed by atoms with Gasteiger partial charge in [0.25, 0.3) is 5.91 Å². The molecule has 8 heteroatoms. The second-order valence-corrected chi connectivity index (χ2v) is 6.26. The van der Waals surface area contributed by atoms with Crippen molar-refractivity contribution >= 4 is 39.9 Å². The van der Waals surface area contributed by atoms with E-state index in [1.54, 1.807) is 23.6 Å². The number of halogens is 1. The highest BCUT2D eigenvalue weighted by molar-refractivity contribution is 7.14. The Labute approximate surface area is 152 Å². The van der Waals surface area contributed by atoms with Crippen molar-refractivity contribution in [3.63, 3.8) is 0 Å². The summed E-state index contributed by atoms with van der Waals surface area (Å²) in [6.07, 6.45) is 0.0558. The summed E-state index contributed by atoms with van der Waals surface area (Å²) in [5.41, 5.74) is 1.24. The van der Waals surface area contributed by atoms with Gasteiger partial charge < -0.3 is 9.15 Å². The number of carbonyl (C=O) groups excluding carboxylic acids is 2. The van der Waals surface area contributed by atoms with Crippen LogP contribution in [0.15, 0.2) is 46.2 Å². The highest BCUT2D eigenvalue weighted by Crippen LogP contribution is 2.29. The molecule has 2 heterocycles. The van der Waals surface area contributed by atoms with Gasteiger partial charge in [-0.05, 0) is 24.3 Å². The first kappa shape index (κ1) is 17.2. The lowest BCUT2D eigenvalue weighted by Gasteiger charge is -2.00. The maximum atomic E-state index is 12.3. The standard InChI is InChI=1S/C17H13ClN2O4S/c1-23-15(21)8-10-9-25-17(19-10)20-16(22)14-7-6-13(24-14)11-4-2-3-5-12(11)18/h2-7,9H,8H2,1H3,(H,19,20,22). The van der Waals surface area contributed by atoms with E-state index < -0.39 is 11.9 Å². The highest BCUT2D eigenvalue weighted by atomic mass is 35.5. The van der Waals surface area contributed by atoms with Crippen LogP contribution in [0.2, 0.25) is 5.02 Å². The van der Waals surface area contributed by atoms with E-state index in [4.69, 9.17) is 16.0 Å². The zero-order chi connectivity index (χ0) is 17.8. The van der Waals surface area contributed by atoms with Gasteiger partial charge in [-0.1, -0.05) is 23.7 Å². The van der Waals surface area contributed by atoms with Crippen LogP contribution in [0.4, 0.5) is 5.13 Å². The molecule has 0 fully saturated rings. The summed E-state index contributed by atoms with van der Waals surface area (Å²) >= 11 is 7.34. The predicted molar refractivity (Wildman–Crippen MR) is 94.9 cm³/mol. The molecular weight excluding hydrogens is 364 g/mol. The normalized spacial score (nSPS) is 10.5. The van der Waals surface area contributed by atoms with E-state index in [9.17, 15) is 9.59 Å². The van der Waals surface area contributed by atoms with Crippen molar-refractivity contribution in [1.82, 2.24) is 4.98 Å². The van der Waals surface area contributed by atoms with Crippen LogP contribution in [0.3, 0.4) is 0 Å². The third-order valence-electron chi connectivity index (χ3n) is 3.29. The summed E-state index contributed by atoms with van der Waals surface area (Å²) < 4.78 is 10.2. The molecule has 0 aliphatic carbocycles. The molecule has 0 spiro atoms. The zero-order valence-corrected chi connectivity index (χ0v) is 14.7. The number of carbonyl (C=O) groups is 2. The maximum Gasteiger partial charge on any atom is 0.311 e. The molecule has 0 saturated heterocycles. The van der Waals surface area contributed by atoms with Crippen LogP contribution >= 0.6 is 22.9 Å². The third kappa shape index (κ3) is 4.07. The number of anilines is 1. The van der Waals surface area contributed by atoms with Crippen LogP contribution in [0.1, 0.15) is 16.2 Å². The Morgan fingerprint density at radius 2 is 2.08 bits per heavy atom. The SMILES string of the molecule is COC(=O)Cc1csc(NC(=O)c2ccc(-c3ccccc3Cl)o2)n1. The van der Waals surface area contributed by atoms with Gasteiger partial charge in [0, 0.05) is 10.9 Å². The molecule has 1 aromatic carbocycles. The molecule has 0 aliphatic heterocycles. The second-order valence-electron chi connectivity index (χ2n) is 4.99. The quantitative estimate of drug-likeness (QED) is 0.680. The molecule has 0 saturated carbocycles. The minimum Gasteiger partial charge on any atom is -0.469 e. The number of amides is 1. The average Bonchev–Trinajstić information content (AvgIpc) is 3.25. The summed E-state index contributed by atoms with van der Waals surface area (Å²) in [6.45, 7) is 0. The van der Waals surface area contributed by atoms with Crippen molar-refractivity contribution < 1.29 is 18.7 Å². The molecule has 0 radical (unpaired) electrons. The molecule has 1 N–H and O–H groups in total. The monoisotopic (exact) mass is 376 g/mol. The van der Waals surface area contributed by atoms with E-state index in [-0.39, 0.29) is 12.2 Å². The molecule has 25 heavy (non-hydrogen) atoms. The molecule has 0 atom stereocenters. The van der Waals surface area contributed by atoms with Gasteiger partial charge in [-0.15, -0.1) is 11.3 Å². The van der Waals surface area contributed by atoms with Crippen LogP contribution in [-0.2, 0) is 16.0 Å². The number of methoxy groups -OCH3 is 1. The Bertz CT molecular complexity index is 919. The number of nitrogens with zero attached hydrogens (tertiary/aromatic N) is 1. The van der Waals surface area contributed by atoms with Crippen LogP contribution in [0, 0.1) is 0 Å². The van der Waals surface area contributed by atoms with Crippen molar-refractivity contribution in [1.29, 1.82) is 0 Å². The Morgan fingerprint density at radius 1 is 1.28 bits per heavy atom. The Balaban J connectivity index is 1.70. The molecule has 128 valence electrons. The van der Waals surface area contributed by atoms with E-state index in [1.165, 1.54) is 18.4 Å². The van der Waals surface area contributed by atoms with Crippen LogP contribution < -0.4 is 5.32 Å². The Hall–Kier alpha value is -2.64. The fourth-order valence-electron chi connectivity index (χ4n) is 2.09. The maximum absolute atomic E-state index is 12.3. The fourth-order valence-corrected chi connectivity index (χ4v) is 3.02. The summed E-state index contributed by atoms with van der Waals surface area (Å²) in [5.74, 6) is -0.184. The molecule has 1 amide bonds. The summed E-state index contributed by atoms with van der Waals surface area (Å²) in [7, 11) is 1.31. The van der Waals surface area contributed by atoms with Gasteiger partial charge in [-0.25, -0.2) is 4.98 Å². The lowest BCUT2D eigenvalue weighted by molar-refractivity contribution is -0.139. The first-order valence-corrected chi connectivity index (χ1v) is 8.50. The van der Waals surface area contributed by atoms with Crippen molar-refractivity contribution in [2.75, 3.05) is 12.4 Å². The number of nitrogens with one attached hydrogen (secondary N) is 1. The number of hydrogen-bond donors (Lipinski definition) is 1. The number of esters is 1. The van der Waals surface area contributed by atoms with Crippen LogP contribution in [0.5, 0.6) is 0 Å². The number of aromatic nitrogens is 1. The third-order valence-corrected chi connectivity index (χ3v) is 4.43. The summed E-state index contributed by atoms with van der Waals surface area (Å²) in [4.78, 5) is 27.7. The van der Waals surface area contributed by atoms with E-state index in [0.717, 1.165) is 0 Å². The van der Waals surface area contributed by atoms with Gasteiger partial charge in [0.1, 0.15) is 5.76 Å². The molecule has 3 aromatic rings. The molecule has 0 bridgehead atoms. The number of benzene rings is 1. The average molecular weight is 377 g/mol. The molecule has 6 nitrogen and oxygen atoms in total. The number of rotatable bonds is 5. The zero-order valence-electron chi connectivity index (χ0n) is 13.1. The van der Waals surface area contributed by atoms with Gasteiger partial charge in [-0.3, -0.25) is 14.9 Å². The number of ether oxygens (including phenoxy) is 1. The number of furan rings is 1. The molecule has 3 rings (SSSR count). The molecule has 0 unspecified atom stereocenters. The van der Waals surface area contributed by atoms with Gasteiger partial charge in [0.15, 0.2) is 10.9 Å². The summed E-state index contributed by atoms with van der Waals surface area (Å²) in [5, 5.41) is 5.24. The topological polar surface area (TPSA) is 81.4 Å². The molecular formula is C17H13ClN2O4S. The predicted octanol–water partition coefficient (Wildman–Crippen LogP) is 4.02. The smallest absolute Gasteiger partial charge is 0.311 e. The minimum absolute atomic E-state index is 0.0558. The van der Waals surface area contributed by atoms with E-state index in [2.05, 4.69) is 15.0 Å². The van der Waals surface area contributed by atoms with E-state index >= 15 is 0 Å². The second kappa shape index (κ2) is 7.50. The largest absolute Gasteiger partial charge is 0.469 e. The molecule has 0 aliphatic rings. The lowest BCUT2D eigenvalue weighted by atomic mass is 10.2. The van der Waals surface area contributed by atoms with Crippen molar-refractivity contribution in [2.24, 2.45) is 0 Å². The first-order chi connectivity index (χ1) is 12.1. The van der Waals surface area contributed by atoms with E-state index in [1.807, 2.05) is 18.2 Å². The number of hydrogen-bond acceptors (Lipinski definition) is 6. The summed E-state index contributed by atoms with van der Waals surface area (Å²) in [6, 6.07) is 10.5. The molecule has 2 aromatic heterocycles.